The summed E-state index contributed by atoms with van der Waals surface area (Å²) in [5.41, 5.74) is 5.68. The number of nitrogens with zero attached hydrogens (tertiary/aromatic N) is 2. The molecule has 0 saturated carbocycles. The van der Waals surface area contributed by atoms with Crippen molar-refractivity contribution in [2.75, 3.05) is 26.8 Å². The summed E-state index contributed by atoms with van der Waals surface area (Å²) in [6, 6.07) is 0. The van der Waals surface area contributed by atoms with Gasteiger partial charge in [0.1, 0.15) is 0 Å². The molecule has 0 aromatic rings. The highest BCUT2D eigenvalue weighted by molar-refractivity contribution is 5.80. The van der Waals surface area contributed by atoms with E-state index < -0.39 is 0 Å². The summed E-state index contributed by atoms with van der Waals surface area (Å²) in [5, 5.41) is 0. The maximum atomic E-state index is 5.72. The molecule has 2 N–H and O–H groups in total. The predicted octanol–water partition coefficient (Wildman–Crippen LogP) is 0.0417. The average Bonchev–Trinajstić information content (AvgIpc) is 2.28. The van der Waals surface area contributed by atoms with Crippen LogP contribution in [-0.4, -0.2) is 43.2 Å². The second-order valence-electron chi connectivity index (χ2n) is 3.35. The van der Waals surface area contributed by atoms with Crippen molar-refractivity contribution in [2.24, 2.45) is 10.7 Å². The smallest absolute Gasteiger partial charge is 0.191 e. The summed E-state index contributed by atoms with van der Waals surface area (Å²) in [4.78, 5) is 6.28. The molecule has 1 atom stereocenters. The molecule has 0 bridgehead atoms. The van der Waals surface area contributed by atoms with E-state index in [9.17, 15) is 0 Å². The maximum Gasteiger partial charge on any atom is 0.191 e. The van der Waals surface area contributed by atoms with Gasteiger partial charge in [0.2, 0.25) is 0 Å². The van der Waals surface area contributed by atoms with Gasteiger partial charge in [-0.25, -0.2) is 0 Å². The number of nitrogens with two attached hydrogens (primary N) is 1. The van der Waals surface area contributed by atoms with Crippen molar-refractivity contribution in [3.8, 4) is 0 Å². The van der Waals surface area contributed by atoms with E-state index >= 15 is 0 Å². The highest BCUT2D eigenvalue weighted by Gasteiger charge is 2.36. The van der Waals surface area contributed by atoms with E-state index in [0.29, 0.717) is 12.6 Å². The zero-order chi connectivity index (χ0) is 9.19. The Hall–Kier alpha value is -0.770. The lowest BCUT2D eigenvalue weighted by atomic mass is 10.0. The van der Waals surface area contributed by atoms with E-state index in [-0.39, 0.29) is 5.54 Å². The van der Waals surface area contributed by atoms with Crippen molar-refractivity contribution in [1.82, 2.24) is 4.90 Å². The molecule has 1 unspecified atom stereocenters. The summed E-state index contributed by atoms with van der Waals surface area (Å²) < 4.78 is 5.14. The minimum atomic E-state index is -0.0341. The zero-order valence-corrected chi connectivity index (χ0v) is 8.00. The topological polar surface area (TPSA) is 50.8 Å². The standard InChI is InChI=1S/C8H17N3O/c1-4-11-7(9)10-5-8(11,2)6-12-3/h4-6H2,1-3H3,(H2,9,10). The van der Waals surface area contributed by atoms with Crippen molar-refractivity contribution in [1.29, 1.82) is 0 Å². The summed E-state index contributed by atoms with van der Waals surface area (Å²) in [5.74, 6) is 0.636. The third-order valence-electron chi connectivity index (χ3n) is 2.28. The monoisotopic (exact) mass is 171 g/mol. The Morgan fingerprint density at radius 1 is 1.75 bits per heavy atom. The van der Waals surface area contributed by atoms with Crippen LogP contribution in [0, 0.1) is 0 Å². The van der Waals surface area contributed by atoms with Crippen LogP contribution in [0.15, 0.2) is 4.99 Å². The summed E-state index contributed by atoms with van der Waals surface area (Å²) in [7, 11) is 1.70. The molecule has 0 radical (unpaired) electrons. The van der Waals surface area contributed by atoms with Crippen LogP contribution in [0.4, 0.5) is 0 Å². The van der Waals surface area contributed by atoms with Crippen molar-refractivity contribution < 1.29 is 4.74 Å². The number of likely N-dealkylation sites (N-methyl/N-ethyl adjacent to an activating group) is 1. The highest BCUT2D eigenvalue weighted by atomic mass is 16.5. The Bertz CT molecular complexity index is 193. The van der Waals surface area contributed by atoms with E-state index in [2.05, 4.69) is 23.7 Å². The Morgan fingerprint density at radius 3 is 2.92 bits per heavy atom. The number of hydrogen-bond acceptors (Lipinski definition) is 4. The van der Waals surface area contributed by atoms with E-state index in [1.54, 1.807) is 7.11 Å². The summed E-state index contributed by atoms with van der Waals surface area (Å²) >= 11 is 0. The predicted molar refractivity (Wildman–Crippen MR) is 49.2 cm³/mol. The quantitative estimate of drug-likeness (QED) is 0.652. The van der Waals surface area contributed by atoms with Crippen molar-refractivity contribution in [3.63, 3.8) is 0 Å². The molecule has 4 heteroatoms. The largest absolute Gasteiger partial charge is 0.382 e. The van der Waals surface area contributed by atoms with Crippen LogP contribution in [0.3, 0.4) is 0 Å². The number of aliphatic imine (C=N–C) groups is 1. The minimum absolute atomic E-state index is 0.0341. The van der Waals surface area contributed by atoms with Gasteiger partial charge in [-0.3, -0.25) is 4.99 Å². The summed E-state index contributed by atoms with van der Waals surface area (Å²) in [6.45, 7) is 6.48. The van der Waals surface area contributed by atoms with Crippen LogP contribution in [-0.2, 0) is 4.74 Å². The van der Waals surface area contributed by atoms with Gasteiger partial charge in [-0.1, -0.05) is 0 Å². The van der Waals surface area contributed by atoms with Crippen molar-refractivity contribution >= 4 is 5.96 Å². The molecule has 1 aliphatic heterocycles. The zero-order valence-electron chi connectivity index (χ0n) is 8.00. The second kappa shape index (κ2) is 3.31. The number of ether oxygens (including phenoxy) is 1. The second-order valence-corrected chi connectivity index (χ2v) is 3.35. The van der Waals surface area contributed by atoms with E-state index in [1.807, 2.05) is 0 Å². The Balaban J connectivity index is 2.69. The lowest BCUT2D eigenvalue weighted by molar-refractivity contribution is 0.0812. The van der Waals surface area contributed by atoms with Gasteiger partial charge in [0.05, 0.1) is 18.7 Å². The number of guanidine groups is 1. The van der Waals surface area contributed by atoms with Crippen LogP contribution in [0.2, 0.25) is 0 Å². The number of methoxy groups -OCH3 is 1. The van der Waals surface area contributed by atoms with Crippen LogP contribution in [0.1, 0.15) is 13.8 Å². The minimum Gasteiger partial charge on any atom is -0.382 e. The van der Waals surface area contributed by atoms with Crippen LogP contribution >= 0.6 is 0 Å². The third-order valence-corrected chi connectivity index (χ3v) is 2.28. The molecule has 1 aliphatic rings. The van der Waals surface area contributed by atoms with E-state index in [0.717, 1.165) is 13.1 Å². The normalized spacial score (nSPS) is 29.2. The van der Waals surface area contributed by atoms with Crippen LogP contribution in [0.25, 0.3) is 0 Å². The van der Waals surface area contributed by atoms with Crippen molar-refractivity contribution in [2.45, 2.75) is 19.4 Å². The molecular weight excluding hydrogens is 154 g/mol. The molecule has 0 aliphatic carbocycles. The van der Waals surface area contributed by atoms with Gasteiger partial charge in [0, 0.05) is 13.7 Å². The maximum absolute atomic E-state index is 5.72. The summed E-state index contributed by atoms with van der Waals surface area (Å²) in [6.07, 6.45) is 0. The molecular formula is C8H17N3O. The molecule has 70 valence electrons. The molecule has 0 amide bonds. The molecule has 4 nitrogen and oxygen atoms in total. The van der Waals surface area contributed by atoms with Gasteiger partial charge in [-0.05, 0) is 13.8 Å². The molecule has 0 saturated heterocycles. The molecule has 0 spiro atoms. The van der Waals surface area contributed by atoms with Gasteiger partial charge in [0.15, 0.2) is 5.96 Å². The fourth-order valence-electron chi connectivity index (χ4n) is 1.68. The Morgan fingerprint density at radius 2 is 2.42 bits per heavy atom. The van der Waals surface area contributed by atoms with Gasteiger partial charge in [-0.15, -0.1) is 0 Å². The first-order chi connectivity index (χ1) is 5.64. The molecule has 0 aromatic carbocycles. The lowest BCUT2D eigenvalue weighted by Crippen LogP contribution is -2.52. The fraction of sp³-hybridized carbons (Fsp3) is 0.875. The molecule has 0 aromatic heterocycles. The third kappa shape index (κ3) is 1.39. The van der Waals surface area contributed by atoms with Gasteiger partial charge < -0.3 is 15.4 Å². The lowest BCUT2D eigenvalue weighted by Gasteiger charge is -2.34. The van der Waals surface area contributed by atoms with Gasteiger partial charge in [-0.2, -0.15) is 0 Å². The van der Waals surface area contributed by atoms with Crippen molar-refractivity contribution in [3.05, 3.63) is 0 Å². The average molecular weight is 171 g/mol. The Labute approximate surface area is 73.4 Å². The highest BCUT2D eigenvalue weighted by Crippen LogP contribution is 2.20. The van der Waals surface area contributed by atoms with E-state index in [1.165, 1.54) is 0 Å². The van der Waals surface area contributed by atoms with Gasteiger partial charge >= 0.3 is 0 Å². The molecule has 12 heavy (non-hydrogen) atoms. The van der Waals surface area contributed by atoms with Crippen LogP contribution in [0.5, 0.6) is 0 Å². The molecule has 1 heterocycles. The molecule has 1 rings (SSSR count). The van der Waals surface area contributed by atoms with Gasteiger partial charge in [0.25, 0.3) is 0 Å². The molecule has 0 fully saturated rings. The first-order valence-electron chi connectivity index (χ1n) is 4.20. The SMILES string of the molecule is CCN1C(N)=NCC1(C)COC. The number of rotatable bonds is 3. The first kappa shape index (κ1) is 9.32. The van der Waals surface area contributed by atoms with E-state index in [4.69, 9.17) is 10.5 Å². The fourth-order valence-corrected chi connectivity index (χ4v) is 1.68. The Kier molecular flexibility index (Phi) is 2.57. The van der Waals surface area contributed by atoms with Crippen LogP contribution < -0.4 is 5.73 Å². The first-order valence-corrected chi connectivity index (χ1v) is 4.20. The number of hydrogen-bond donors (Lipinski definition) is 1.